The molecule has 3 rings (SSSR count). The Morgan fingerprint density at radius 3 is 2.23 bits per heavy atom. The highest BCUT2D eigenvalue weighted by atomic mass is 16.5. The van der Waals surface area contributed by atoms with E-state index in [9.17, 15) is 4.79 Å². The molecule has 5 nitrogen and oxygen atoms in total. The van der Waals surface area contributed by atoms with Crippen molar-refractivity contribution in [3.63, 3.8) is 0 Å². The number of hydrogen-bond donors (Lipinski definition) is 2. The molecule has 0 bridgehead atoms. The first-order valence-electron chi connectivity index (χ1n) is 9.10. The monoisotopic (exact) mass is 353 g/mol. The van der Waals surface area contributed by atoms with Crippen molar-refractivity contribution in [1.29, 1.82) is 0 Å². The van der Waals surface area contributed by atoms with Crippen molar-refractivity contribution in [3.05, 3.63) is 53.6 Å². The maximum Gasteiger partial charge on any atom is 0.246 e. The van der Waals surface area contributed by atoms with Crippen LogP contribution in [0, 0.1) is 13.8 Å². The summed E-state index contributed by atoms with van der Waals surface area (Å²) < 4.78 is 5.38. The van der Waals surface area contributed by atoms with Gasteiger partial charge in [0.2, 0.25) is 5.91 Å². The molecule has 5 heteroatoms. The molecule has 2 aromatic rings. The third kappa shape index (κ3) is 4.76. The molecule has 2 aromatic carbocycles. The number of hydrogen-bond acceptors (Lipinski definition) is 4. The minimum absolute atomic E-state index is 0.0525. The van der Waals surface area contributed by atoms with Crippen LogP contribution in [0.4, 0.5) is 17.1 Å². The summed E-state index contributed by atoms with van der Waals surface area (Å²) in [4.78, 5) is 14.8. The molecule has 1 saturated heterocycles. The Bertz CT molecular complexity index is 732. The van der Waals surface area contributed by atoms with Crippen LogP contribution in [-0.2, 0) is 9.53 Å². The molecule has 1 heterocycles. The molecule has 0 spiro atoms. The molecule has 1 aliphatic rings. The number of rotatable bonds is 5. The van der Waals surface area contributed by atoms with E-state index in [1.165, 1.54) is 11.1 Å². The summed E-state index contributed by atoms with van der Waals surface area (Å²) in [5.74, 6) is -0.0525. The van der Waals surface area contributed by atoms with E-state index < -0.39 is 0 Å². The maximum atomic E-state index is 12.5. The van der Waals surface area contributed by atoms with Gasteiger partial charge in [-0.25, -0.2) is 0 Å². The van der Waals surface area contributed by atoms with Gasteiger partial charge in [-0.1, -0.05) is 6.07 Å². The molecular weight excluding hydrogens is 326 g/mol. The van der Waals surface area contributed by atoms with Gasteiger partial charge < -0.3 is 20.3 Å². The molecule has 138 valence electrons. The maximum absolute atomic E-state index is 12.5. The van der Waals surface area contributed by atoms with Crippen molar-refractivity contribution in [2.24, 2.45) is 0 Å². The number of morpholine rings is 1. The van der Waals surface area contributed by atoms with Crippen LogP contribution < -0.4 is 15.5 Å². The van der Waals surface area contributed by atoms with E-state index in [1.54, 1.807) is 0 Å². The van der Waals surface area contributed by atoms with Crippen LogP contribution >= 0.6 is 0 Å². The standard InChI is InChI=1S/C21H27N3O2/c1-15-12-16(2)14-19(13-15)22-17(3)21(25)23-18-4-6-20(7-5-18)24-8-10-26-11-9-24/h4-7,12-14,17,22H,8-11H2,1-3H3,(H,23,25)/t17-/m0/s1. The SMILES string of the molecule is Cc1cc(C)cc(N[C@@H](C)C(=O)Nc2ccc(N3CCOCC3)cc2)c1. The van der Waals surface area contributed by atoms with Gasteiger partial charge in [-0.05, 0) is 68.3 Å². The lowest BCUT2D eigenvalue weighted by atomic mass is 10.1. The van der Waals surface area contributed by atoms with E-state index in [0.29, 0.717) is 0 Å². The zero-order chi connectivity index (χ0) is 18.5. The average molecular weight is 353 g/mol. The van der Waals surface area contributed by atoms with Gasteiger partial charge in [0.1, 0.15) is 6.04 Å². The van der Waals surface area contributed by atoms with E-state index in [-0.39, 0.29) is 11.9 Å². The van der Waals surface area contributed by atoms with Crippen molar-refractivity contribution < 1.29 is 9.53 Å². The summed E-state index contributed by atoms with van der Waals surface area (Å²) in [5, 5.41) is 6.25. The second-order valence-electron chi connectivity index (χ2n) is 6.88. The van der Waals surface area contributed by atoms with Crippen molar-refractivity contribution >= 4 is 23.0 Å². The second-order valence-corrected chi connectivity index (χ2v) is 6.88. The molecule has 0 aromatic heterocycles. The predicted octanol–water partition coefficient (Wildman–Crippen LogP) is 3.58. The second kappa shape index (κ2) is 8.23. The van der Waals surface area contributed by atoms with Crippen molar-refractivity contribution in [1.82, 2.24) is 0 Å². The number of carbonyl (C=O) groups excluding carboxylic acids is 1. The molecule has 1 fully saturated rings. The van der Waals surface area contributed by atoms with E-state index in [4.69, 9.17) is 4.74 Å². The van der Waals surface area contributed by atoms with Crippen LogP contribution in [0.2, 0.25) is 0 Å². The van der Waals surface area contributed by atoms with Gasteiger partial charge >= 0.3 is 0 Å². The zero-order valence-corrected chi connectivity index (χ0v) is 15.7. The van der Waals surface area contributed by atoms with E-state index in [1.807, 2.05) is 43.3 Å². The molecule has 0 radical (unpaired) electrons. The smallest absolute Gasteiger partial charge is 0.246 e. The van der Waals surface area contributed by atoms with E-state index in [0.717, 1.165) is 43.4 Å². The Morgan fingerprint density at radius 1 is 1.00 bits per heavy atom. The van der Waals surface area contributed by atoms with E-state index >= 15 is 0 Å². The van der Waals surface area contributed by atoms with Crippen molar-refractivity contribution in [2.45, 2.75) is 26.8 Å². The average Bonchev–Trinajstić information content (AvgIpc) is 2.62. The van der Waals surface area contributed by atoms with E-state index in [2.05, 4.69) is 35.4 Å². The highest BCUT2D eigenvalue weighted by Crippen LogP contribution is 2.20. The molecule has 1 atom stereocenters. The van der Waals surface area contributed by atoms with Gasteiger partial charge in [0.25, 0.3) is 0 Å². The van der Waals surface area contributed by atoms with Crippen LogP contribution in [0.3, 0.4) is 0 Å². The number of aryl methyl sites for hydroxylation is 2. The molecule has 0 saturated carbocycles. The number of benzene rings is 2. The molecule has 0 unspecified atom stereocenters. The Hall–Kier alpha value is -2.53. The Balaban J connectivity index is 1.58. The number of ether oxygens (including phenoxy) is 1. The summed E-state index contributed by atoms with van der Waals surface area (Å²) in [6.07, 6.45) is 0. The summed E-state index contributed by atoms with van der Waals surface area (Å²) in [5.41, 5.74) is 5.29. The highest BCUT2D eigenvalue weighted by molar-refractivity contribution is 5.96. The zero-order valence-electron chi connectivity index (χ0n) is 15.7. The first-order valence-corrected chi connectivity index (χ1v) is 9.10. The van der Waals surface area contributed by atoms with Crippen LogP contribution in [0.15, 0.2) is 42.5 Å². The Kier molecular flexibility index (Phi) is 5.78. The fraction of sp³-hybridized carbons (Fsp3) is 0.381. The molecular formula is C21H27N3O2. The summed E-state index contributed by atoms with van der Waals surface area (Å²) in [6, 6.07) is 13.9. The van der Waals surface area contributed by atoms with Crippen LogP contribution in [-0.4, -0.2) is 38.3 Å². The van der Waals surface area contributed by atoms with Crippen molar-refractivity contribution in [2.75, 3.05) is 41.8 Å². The Morgan fingerprint density at radius 2 is 1.62 bits per heavy atom. The summed E-state index contributed by atoms with van der Waals surface area (Å²) >= 11 is 0. The van der Waals surface area contributed by atoms with Crippen molar-refractivity contribution in [3.8, 4) is 0 Å². The minimum Gasteiger partial charge on any atom is -0.378 e. The lowest BCUT2D eigenvalue weighted by Crippen LogP contribution is -2.36. The first-order chi connectivity index (χ1) is 12.5. The van der Waals surface area contributed by atoms with Gasteiger partial charge in [-0.15, -0.1) is 0 Å². The van der Waals surface area contributed by atoms with Gasteiger partial charge in [-0.3, -0.25) is 4.79 Å². The largest absolute Gasteiger partial charge is 0.378 e. The summed E-state index contributed by atoms with van der Waals surface area (Å²) in [7, 11) is 0. The quantitative estimate of drug-likeness (QED) is 0.863. The molecule has 1 aliphatic heterocycles. The minimum atomic E-state index is -0.324. The molecule has 26 heavy (non-hydrogen) atoms. The summed E-state index contributed by atoms with van der Waals surface area (Å²) in [6.45, 7) is 9.32. The normalized spacial score (nSPS) is 15.4. The lowest BCUT2D eigenvalue weighted by Gasteiger charge is -2.29. The topological polar surface area (TPSA) is 53.6 Å². The van der Waals surface area contributed by atoms with Gasteiger partial charge in [0.05, 0.1) is 13.2 Å². The molecule has 0 aliphatic carbocycles. The van der Waals surface area contributed by atoms with Crippen LogP contribution in [0.5, 0.6) is 0 Å². The molecule has 1 amide bonds. The number of nitrogens with one attached hydrogen (secondary N) is 2. The number of anilines is 3. The van der Waals surface area contributed by atoms with Crippen LogP contribution in [0.25, 0.3) is 0 Å². The van der Waals surface area contributed by atoms with Gasteiger partial charge in [-0.2, -0.15) is 0 Å². The fourth-order valence-corrected chi connectivity index (χ4v) is 3.20. The third-order valence-corrected chi connectivity index (χ3v) is 4.51. The predicted molar refractivity (Wildman–Crippen MR) is 107 cm³/mol. The lowest BCUT2D eigenvalue weighted by molar-refractivity contribution is -0.116. The van der Waals surface area contributed by atoms with Gasteiger partial charge in [0.15, 0.2) is 0 Å². The fourth-order valence-electron chi connectivity index (χ4n) is 3.20. The third-order valence-electron chi connectivity index (χ3n) is 4.51. The highest BCUT2D eigenvalue weighted by Gasteiger charge is 2.14. The number of carbonyl (C=O) groups is 1. The molecule has 2 N–H and O–H groups in total. The first kappa shape index (κ1) is 18.3. The van der Waals surface area contributed by atoms with Gasteiger partial charge in [0, 0.05) is 30.2 Å². The number of amides is 1. The number of nitrogens with zero attached hydrogens (tertiary/aromatic N) is 1. The Labute approximate surface area is 155 Å². The van der Waals surface area contributed by atoms with Crippen LogP contribution in [0.1, 0.15) is 18.1 Å².